The van der Waals surface area contributed by atoms with E-state index in [1.807, 2.05) is 0 Å². The monoisotopic (exact) mass is 283 g/mol. The Balaban J connectivity index is 2.43. The summed E-state index contributed by atoms with van der Waals surface area (Å²) in [6.07, 6.45) is 5.58. The van der Waals surface area contributed by atoms with Gasteiger partial charge in [0.15, 0.2) is 0 Å². The predicted octanol–water partition coefficient (Wildman–Crippen LogP) is 1.74. The van der Waals surface area contributed by atoms with E-state index in [9.17, 15) is 8.42 Å². The number of alkyl halides is 1. The Labute approximate surface area is 109 Å². The fraction of sp³-hybridized carbons (Fsp3) is 1.00. The van der Waals surface area contributed by atoms with Crippen LogP contribution in [0.1, 0.15) is 32.1 Å². The molecule has 6 heteroatoms. The van der Waals surface area contributed by atoms with Crippen LogP contribution in [0, 0.1) is 5.92 Å². The zero-order valence-corrected chi connectivity index (χ0v) is 11.9. The van der Waals surface area contributed by atoms with E-state index in [1.165, 1.54) is 13.5 Å². The van der Waals surface area contributed by atoms with E-state index in [1.54, 1.807) is 0 Å². The first-order chi connectivity index (χ1) is 8.07. The zero-order chi connectivity index (χ0) is 12.7. The molecule has 102 valence electrons. The van der Waals surface area contributed by atoms with E-state index in [0.29, 0.717) is 12.5 Å². The van der Waals surface area contributed by atoms with Gasteiger partial charge in [-0.15, -0.1) is 11.6 Å². The first-order valence-corrected chi connectivity index (χ1v) is 8.31. The molecule has 0 amide bonds. The summed E-state index contributed by atoms with van der Waals surface area (Å²) in [5.74, 6) is 0.766. The third kappa shape index (κ3) is 6.04. The van der Waals surface area contributed by atoms with E-state index < -0.39 is 10.0 Å². The van der Waals surface area contributed by atoms with Crippen molar-refractivity contribution in [2.24, 2.45) is 5.92 Å². The highest BCUT2D eigenvalue weighted by Gasteiger charge is 2.23. The van der Waals surface area contributed by atoms with Crippen molar-refractivity contribution in [3.63, 3.8) is 0 Å². The summed E-state index contributed by atoms with van der Waals surface area (Å²) >= 11 is 5.69. The molecule has 1 saturated carbocycles. The van der Waals surface area contributed by atoms with E-state index in [4.69, 9.17) is 16.3 Å². The Hall–Kier alpha value is 0.160. The van der Waals surface area contributed by atoms with Crippen molar-refractivity contribution in [2.45, 2.75) is 38.1 Å². The number of hydrogen-bond acceptors (Lipinski definition) is 3. The van der Waals surface area contributed by atoms with Crippen LogP contribution < -0.4 is 4.72 Å². The van der Waals surface area contributed by atoms with Crippen LogP contribution in [0.25, 0.3) is 0 Å². The number of methoxy groups -OCH3 is 1. The molecule has 0 saturated heterocycles. The molecule has 4 nitrogen and oxygen atoms in total. The molecule has 0 heterocycles. The van der Waals surface area contributed by atoms with E-state index in [-0.39, 0.29) is 17.7 Å². The fourth-order valence-corrected chi connectivity index (χ4v) is 4.24. The van der Waals surface area contributed by atoms with Crippen LogP contribution in [0.4, 0.5) is 0 Å². The van der Waals surface area contributed by atoms with Crippen LogP contribution in [0.2, 0.25) is 0 Å². The van der Waals surface area contributed by atoms with Gasteiger partial charge >= 0.3 is 0 Å². The molecular formula is C11H22ClNO3S. The SMILES string of the molecule is COCC(CCl)NS(=O)(=O)CC1CCCCC1. The van der Waals surface area contributed by atoms with Gasteiger partial charge in [-0.05, 0) is 18.8 Å². The third-order valence-corrected chi connectivity index (χ3v) is 5.06. The second-order valence-electron chi connectivity index (χ2n) is 4.71. The first kappa shape index (κ1) is 15.2. The highest BCUT2D eigenvalue weighted by molar-refractivity contribution is 7.89. The lowest BCUT2D eigenvalue weighted by Crippen LogP contribution is -2.41. The average molecular weight is 284 g/mol. The fourth-order valence-electron chi connectivity index (χ4n) is 2.28. The highest BCUT2D eigenvalue weighted by atomic mass is 35.5. The smallest absolute Gasteiger partial charge is 0.212 e. The van der Waals surface area contributed by atoms with Crippen molar-refractivity contribution < 1.29 is 13.2 Å². The number of halogens is 1. The van der Waals surface area contributed by atoms with E-state index in [2.05, 4.69) is 4.72 Å². The summed E-state index contributed by atoms with van der Waals surface area (Å²) in [6, 6.07) is -0.324. The van der Waals surface area contributed by atoms with Gasteiger partial charge in [-0.2, -0.15) is 0 Å². The topological polar surface area (TPSA) is 55.4 Å². The van der Waals surface area contributed by atoms with Crippen molar-refractivity contribution >= 4 is 21.6 Å². The van der Waals surface area contributed by atoms with Gasteiger partial charge in [-0.1, -0.05) is 19.3 Å². The lowest BCUT2D eigenvalue weighted by molar-refractivity contribution is 0.181. The molecule has 1 atom stereocenters. The van der Waals surface area contributed by atoms with Crippen LogP contribution in [-0.2, 0) is 14.8 Å². The van der Waals surface area contributed by atoms with Crippen molar-refractivity contribution in [3.05, 3.63) is 0 Å². The first-order valence-electron chi connectivity index (χ1n) is 6.12. The summed E-state index contributed by atoms with van der Waals surface area (Å²) in [6.45, 7) is 0.313. The molecule has 1 aliphatic carbocycles. The molecule has 0 aromatic heterocycles. The average Bonchev–Trinajstić information content (AvgIpc) is 2.29. The van der Waals surface area contributed by atoms with E-state index in [0.717, 1.165) is 25.7 Å². The van der Waals surface area contributed by atoms with Crippen molar-refractivity contribution in [1.82, 2.24) is 4.72 Å². The molecule has 17 heavy (non-hydrogen) atoms. The van der Waals surface area contributed by atoms with Crippen LogP contribution in [0.3, 0.4) is 0 Å². The Morgan fingerprint density at radius 1 is 1.35 bits per heavy atom. The number of nitrogens with one attached hydrogen (secondary N) is 1. The molecule has 1 aliphatic rings. The summed E-state index contributed by atoms with van der Waals surface area (Å²) in [4.78, 5) is 0. The second-order valence-corrected chi connectivity index (χ2v) is 6.82. The van der Waals surface area contributed by atoms with Crippen LogP contribution in [0.15, 0.2) is 0 Å². The van der Waals surface area contributed by atoms with Gasteiger partial charge in [0.05, 0.1) is 18.4 Å². The molecule has 0 aromatic carbocycles. The predicted molar refractivity (Wildman–Crippen MR) is 69.9 cm³/mol. The van der Waals surface area contributed by atoms with Crippen molar-refractivity contribution in [2.75, 3.05) is 25.3 Å². The van der Waals surface area contributed by atoms with Crippen LogP contribution in [-0.4, -0.2) is 39.8 Å². The van der Waals surface area contributed by atoms with Gasteiger partial charge in [0.1, 0.15) is 0 Å². The molecule has 1 fully saturated rings. The molecular weight excluding hydrogens is 262 g/mol. The lowest BCUT2D eigenvalue weighted by Gasteiger charge is -2.23. The standard InChI is InChI=1S/C11H22ClNO3S/c1-16-8-11(7-12)13-17(14,15)9-10-5-3-2-4-6-10/h10-11,13H,2-9H2,1H3. The number of hydrogen-bond donors (Lipinski definition) is 1. The number of sulfonamides is 1. The maximum Gasteiger partial charge on any atom is 0.212 e. The Morgan fingerprint density at radius 2 is 2.00 bits per heavy atom. The molecule has 0 spiro atoms. The Kier molecular flexibility index (Phi) is 6.77. The second kappa shape index (κ2) is 7.56. The number of ether oxygens (including phenoxy) is 1. The van der Waals surface area contributed by atoms with Gasteiger partial charge in [0.25, 0.3) is 0 Å². The normalized spacial score (nSPS) is 20.4. The molecule has 0 radical (unpaired) electrons. The molecule has 1 rings (SSSR count). The minimum atomic E-state index is -3.23. The van der Waals surface area contributed by atoms with Gasteiger partial charge < -0.3 is 4.74 Å². The Morgan fingerprint density at radius 3 is 2.53 bits per heavy atom. The Bertz CT molecular complexity index is 289. The van der Waals surface area contributed by atoms with Crippen LogP contribution in [0.5, 0.6) is 0 Å². The minimum absolute atomic E-state index is 0.226. The van der Waals surface area contributed by atoms with Crippen molar-refractivity contribution in [1.29, 1.82) is 0 Å². The molecule has 1 unspecified atom stereocenters. The van der Waals surface area contributed by atoms with E-state index >= 15 is 0 Å². The molecule has 1 N–H and O–H groups in total. The maximum absolute atomic E-state index is 11.9. The van der Waals surface area contributed by atoms with Gasteiger partial charge in [-0.25, -0.2) is 13.1 Å². The zero-order valence-electron chi connectivity index (χ0n) is 10.3. The van der Waals surface area contributed by atoms with Gasteiger partial charge in [0.2, 0.25) is 10.0 Å². The summed E-state index contributed by atoms with van der Waals surface area (Å²) in [5, 5.41) is 0. The lowest BCUT2D eigenvalue weighted by atomic mass is 9.91. The molecule has 0 bridgehead atoms. The maximum atomic E-state index is 11.9. The molecule has 0 aromatic rings. The van der Waals surface area contributed by atoms with Crippen molar-refractivity contribution in [3.8, 4) is 0 Å². The van der Waals surface area contributed by atoms with Gasteiger partial charge in [-0.3, -0.25) is 0 Å². The molecule has 0 aliphatic heterocycles. The third-order valence-electron chi connectivity index (χ3n) is 3.08. The minimum Gasteiger partial charge on any atom is -0.383 e. The largest absolute Gasteiger partial charge is 0.383 e. The summed E-state index contributed by atoms with van der Waals surface area (Å²) in [5.41, 5.74) is 0. The summed E-state index contributed by atoms with van der Waals surface area (Å²) in [7, 11) is -1.69. The summed E-state index contributed by atoms with van der Waals surface area (Å²) < 4.78 is 31.4. The highest BCUT2D eigenvalue weighted by Crippen LogP contribution is 2.24. The van der Waals surface area contributed by atoms with Crippen LogP contribution >= 0.6 is 11.6 Å². The quantitative estimate of drug-likeness (QED) is 0.724. The number of rotatable bonds is 7. The van der Waals surface area contributed by atoms with Gasteiger partial charge in [0, 0.05) is 13.0 Å².